The van der Waals surface area contributed by atoms with Gasteiger partial charge in [-0.05, 0) is 30.3 Å². The van der Waals surface area contributed by atoms with E-state index in [0.717, 1.165) is 29.1 Å². The SMILES string of the molecule is O=C(Nc1ccc2ncccc2c1)c1cc([N+](=O)[O-])ccc1O. The molecule has 1 amide bonds. The summed E-state index contributed by atoms with van der Waals surface area (Å²) in [5, 5.41) is 24.0. The van der Waals surface area contributed by atoms with Crippen LogP contribution in [0.5, 0.6) is 5.75 Å². The maximum atomic E-state index is 12.2. The summed E-state index contributed by atoms with van der Waals surface area (Å²) >= 11 is 0. The average molecular weight is 309 g/mol. The second kappa shape index (κ2) is 5.72. The third-order valence-corrected chi connectivity index (χ3v) is 3.30. The van der Waals surface area contributed by atoms with Crippen LogP contribution >= 0.6 is 0 Å². The standard InChI is InChI=1S/C16H11N3O4/c20-15-6-4-12(19(22)23)9-13(15)16(21)18-11-3-5-14-10(8-11)2-1-7-17-14/h1-9,20H,(H,18,21). The second-order valence-corrected chi connectivity index (χ2v) is 4.82. The Morgan fingerprint density at radius 2 is 2.00 bits per heavy atom. The minimum absolute atomic E-state index is 0.162. The van der Waals surface area contributed by atoms with Crippen LogP contribution in [0.3, 0.4) is 0 Å². The van der Waals surface area contributed by atoms with Gasteiger partial charge in [0, 0.05) is 29.4 Å². The lowest BCUT2D eigenvalue weighted by Crippen LogP contribution is -2.12. The third-order valence-electron chi connectivity index (χ3n) is 3.30. The number of pyridine rings is 1. The van der Waals surface area contributed by atoms with Crippen molar-refractivity contribution in [3.8, 4) is 5.75 Å². The molecule has 2 N–H and O–H groups in total. The van der Waals surface area contributed by atoms with Crippen LogP contribution in [0.25, 0.3) is 10.9 Å². The van der Waals surface area contributed by atoms with Gasteiger partial charge in [0.2, 0.25) is 0 Å². The quantitative estimate of drug-likeness (QED) is 0.571. The number of hydrogen-bond donors (Lipinski definition) is 2. The molecule has 0 spiro atoms. The number of carbonyl (C=O) groups excluding carboxylic acids is 1. The molecular weight excluding hydrogens is 298 g/mol. The lowest BCUT2D eigenvalue weighted by molar-refractivity contribution is -0.384. The summed E-state index contributed by atoms with van der Waals surface area (Å²) in [5.74, 6) is -0.954. The fourth-order valence-electron chi connectivity index (χ4n) is 2.17. The predicted molar refractivity (Wildman–Crippen MR) is 84.5 cm³/mol. The van der Waals surface area contributed by atoms with Gasteiger partial charge in [-0.3, -0.25) is 19.9 Å². The monoisotopic (exact) mass is 309 g/mol. The van der Waals surface area contributed by atoms with Crippen molar-refractivity contribution in [2.24, 2.45) is 0 Å². The van der Waals surface area contributed by atoms with Crippen molar-refractivity contribution in [2.45, 2.75) is 0 Å². The van der Waals surface area contributed by atoms with Crippen LogP contribution in [0, 0.1) is 10.1 Å². The Morgan fingerprint density at radius 3 is 2.78 bits per heavy atom. The van der Waals surface area contributed by atoms with E-state index in [1.54, 1.807) is 30.5 Å². The number of phenolic OH excluding ortho intramolecular Hbond substituents is 1. The summed E-state index contributed by atoms with van der Waals surface area (Å²) in [6.45, 7) is 0. The molecule has 3 aromatic rings. The molecule has 0 unspecified atom stereocenters. The maximum Gasteiger partial charge on any atom is 0.270 e. The number of aromatic hydroxyl groups is 1. The van der Waals surface area contributed by atoms with Gasteiger partial charge in [0.1, 0.15) is 5.75 Å². The number of rotatable bonds is 3. The van der Waals surface area contributed by atoms with Crippen LogP contribution in [0.4, 0.5) is 11.4 Å². The Balaban J connectivity index is 1.91. The van der Waals surface area contributed by atoms with E-state index in [4.69, 9.17) is 0 Å². The molecule has 1 aromatic heterocycles. The Labute approximate surface area is 130 Å². The van der Waals surface area contributed by atoms with Crippen molar-refractivity contribution in [3.63, 3.8) is 0 Å². The van der Waals surface area contributed by atoms with E-state index in [0.29, 0.717) is 5.69 Å². The maximum absolute atomic E-state index is 12.2. The minimum Gasteiger partial charge on any atom is -0.507 e. The highest BCUT2D eigenvalue weighted by Gasteiger charge is 2.16. The molecule has 0 bridgehead atoms. The highest BCUT2D eigenvalue weighted by atomic mass is 16.6. The van der Waals surface area contributed by atoms with Crippen molar-refractivity contribution < 1.29 is 14.8 Å². The highest BCUT2D eigenvalue weighted by Crippen LogP contribution is 2.24. The van der Waals surface area contributed by atoms with E-state index in [-0.39, 0.29) is 17.0 Å². The number of benzene rings is 2. The van der Waals surface area contributed by atoms with Gasteiger partial charge in [-0.25, -0.2) is 0 Å². The van der Waals surface area contributed by atoms with Gasteiger partial charge < -0.3 is 10.4 Å². The number of nitro benzene ring substituents is 1. The van der Waals surface area contributed by atoms with Crippen molar-refractivity contribution in [2.75, 3.05) is 5.32 Å². The minimum atomic E-state index is -0.630. The van der Waals surface area contributed by atoms with E-state index >= 15 is 0 Å². The smallest absolute Gasteiger partial charge is 0.270 e. The molecule has 7 heteroatoms. The zero-order chi connectivity index (χ0) is 16.4. The van der Waals surface area contributed by atoms with Crippen molar-refractivity contribution in [3.05, 3.63) is 70.4 Å². The fourth-order valence-corrected chi connectivity index (χ4v) is 2.17. The molecule has 23 heavy (non-hydrogen) atoms. The van der Waals surface area contributed by atoms with Crippen LogP contribution in [0.1, 0.15) is 10.4 Å². The highest BCUT2D eigenvalue weighted by molar-refractivity contribution is 6.07. The number of nitrogens with one attached hydrogen (secondary N) is 1. The van der Waals surface area contributed by atoms with Crippen LogP contribution < -0.4 is 5.32 Å². The summed E-state index contributed by atoms with van der Waals surface area (Å²) in [6.07, 6.45) is 1.67. The first-order chi connectivity index (χ1) is 11.0. The van der Waals surface area contributed by atoms with E-state index in [1.807, 2.05) is 6.07 Å². The number of phenols is 1. The topological polar surface area (TPSA) is 105 Å². The Kier molecular flexibility index (Phi) is 3.60. The second-order valence-electron chi connectivity index (χ2n) is 4.82. The number of hydrogen-bond acceptors (Lipinski definition) is 5. The molecule has 2 aromatic carbocycles. The Bertz CT molecular complexity index is 924. The van der Waals surface area contributed by atoms with E-state index in [2.05, 4.69) is 10.3 Å². The predicted octanol–water partition coefficient (Wildman–Crippen LogP) is 3.10. The molecule has 0 aliphatic rings. The van der Waals surface area contributed by atoms with E-state index < -0.39 is 10.8 Å². The third kappa shape index (κ3) is 2.93. The molecule has 0 aliphatic heterocycles. The first-order valence-corrected chi connectivity index (χ1v) is 6.68. The van der Waals surface area contributed by atoms with Crippen LogP contribution in [-0.4, -0.2) is 20.9 Å². The van der Waals surface area contributed by atoms with Gasteiger partial charge in [-0.2, -0.15) is 0 Å². The lowest BCUT2D eigenvalue weighted by atomic mass is 10.1. The summed E-state index contributed by atoms with van der Waals surface area (Å²) in [4.78, 5) is 26.6. The molecule has 0 radical (unpaired) electrons. The zero-order valence-corrected chi connectivity index (χ0v) is 11.8. The van der Waals surface area contributed by atoms with Crippen molar-refractivity contribution in [1.82, 2.24) is 4.98 Å². The first-order valence-electron chi connectivity index (χ1n) is 6.68. The molecule has 0 atom stereocenters. The average Bonchev–Trinajstić information content (AvgIpc) is 2.54. The molecule has 0 aliphatic carbocycles. The lowest BCUT2D eigenvalue weighted by Gasteiger charge is -2.07. The number of amides is 1. The summed E-state index contributed by atoms with van der Waals surface area (Å²) in [5.41, 5.74) is 0.853. The van der Waals surface area contributed by atoms with Gasteiger partial charge in [-0.15, -0.1) is 0 Å². The molecule has 0 fully saturated rings. The molecule has 114 valence electrons. The normalized spacial score (nSPS) is 10.4. The molecular formula is C16H11N3O4. The number of carbonyl (C=O) groups is 1. The summed E-state index contributed by atoms with van der Waals surface area (Å²) in [6, 6.07) is 12.1. The van der Waals surface area contributed by atoms with Gasteiger partial charge in [0.15, 0.2) is 0 Å². The molecule has 7 nitrogen and oxygen atoms in total. The Morgan fingerprint density at radius 1 is 1.17 bits per heavy atom. The number of anilines is 1. The van der Waals surface area contributed by atoms with Gasteiger partial charge >= 0.3 is 0 Å². The van der Waals surface area contributed by atoms with Gasteiger partial charge in [0.05, 0.1) is 16.0 Å². The van der Waals surface area contributed by atoms with E-state index in [9.17, 15) is 20.0 Å². The summed E-state index contributed by atoms with van der Waals surface area (Å²) in [7, 11) is 0. The zero-order valence-electron chi connectivity index (χ0n) is 11.8. The van der Waals surface area contributed by atoms with Crippen molar-refractivity contribution in [1.29, 1.82) is 0 Å². The largest absolute Gasteiger partial charge is 0.507 e. The number of nitro groups is 1. The number of non-ortho nitro benzene ring substituents is 1. The molecule has 0 saturated heterocycles. The van der Waals surface area contributed by atoms with Gasteiger partial charge in [0.25, 0.3) is 11.6 Å². The molecule has 0 saturated carbocycles. The number of aromatic nitrogens is 1. The Hall–Kier alpha value is -3.48. The molecule has 3 rings (SSSR count). The first kappa shape index (κ1) is 14.5. The van der Waals surface area contributed by atoms with Crippen LogP contribution in [-0.2, 0) is 0 Å². The number of nitrogens with zero attached hydrogens (tertiary/aromatic N) is 2. The van der Waals surface area contributed by atoms with Gasteiger partial charge in [-0.1, -0.05) is 6.07 Å². The summed E-state index contributed by atoms with van der Waals surface area (Å²) < 4.78 is 0. The molecule has 1 heterocycles. The van der Waals surface area contributed by atoms with Crippen LogP contribution in [0.2, 0.25) is 0 Å². The van der Waals surface area contributed by atoms with Crippen molar-refractivity contribution >= 4 is 28.2 Å². The number of fused-ring (bicyclic) bond motifs is 1. The fraction of sp³-hybridized carbons (Fsp3) is 0. The van der Waals surface area contributed by atoms with Crippen LogP contribution in [0.15, 0.2) is 54.7 Å². The van der Waals surface area contributed by atoms with E-state index in [1.165, 1.54) is 0 Å².